The maximum Gasteiger partial charge on any atom is 0.428 e. The summed E-state index contributed by atoms with van der Waals surface area (Å²) in [6.45, 7) is 0. The number of fused-ring (bicyclic) bond motifs is 3. The summed E-state index contributed by atoms with van der Waals surface area (Å²) in [6, 6.07) is 12.9. The van der Waals surface area contributed by atoms with Crippen molar-refractivity contribution >= 4 is 38.1 Å². The van der Waals surface area contributed by atoms with Crippen molar-refractivity contribution in [3.8, 4) is 0 Å². The van der Waals surface area contributed by atoms with Crippen LogP contribution in [0.4, 0.5) is 4.79 Å². The van der Waals surface area contributed by atoms with Gasteiger partial charge in [-0.15, -0.1) is 0 Å². The standard InChI is InChI=1S/C18H19NO3S.CH3NO3/c20-23(21,19-13-6-2-1-3-7-13)14-10-11-16-15-8-4-5-9-17(15)22-18(16)12-14;3-1(4)2-5/h4-5,8-13,19H,1-3,6-7H2;2,5H,(H,3,4). The third kappa shape index (κ3) is 4.61. The molecule has 2 aromatic carbocycles. The molecule has 1 fully saturated rings. The van der Waals surface area contributed by atoms with Crippen molar-refractivity contribution in [1.82, 2.24) is 10.2 Å². The van der Waals surface area contributed by atoms with Crippen molar-refractivity contribution in [3.63, 3.8) is 0 Å². The number of rotatable bonds is 3. The summed E-state index contributed by atoms with van der Waals surface area (Å²) < 4.78 is 33.8. The summed E-state index contributed by atoms with van der Waals surface area (Å²) >= 11 is 0. The predicted octanol–water partition coefficient (Wildman–Crippen LogP) is 3.84. The molecule has 3 aromatic rings. The summed E-state index contributed by atoms with van der Waals surface area (Å²) in [4.78, 5) is 9.28. The number of sulfonamides is 1. The molecule has 4 rings (SSSR count). The van der Waals surface area contributed by atoms with Gasteiger partial charge < -0.3 is 9.52 Å². The van der Waals surface area contributed by atoms with E-state index in [1.54, 1.807) is 12.1 Å². The maximum atomic E-state index is 12.6. The Morgan fingerprint density at radius 2 is 1.64 bits per heavy atom. The molecule has 8 nitrogen and oxygen atoms in total. The van der Waals surface area contributed by atoms with Gasteiger partial charge in [-0.1, -0.05) is 37.5 Å². The third-order valence-electron chi connectivity index (χ3n) is 4.68. The molecular weight excluding hydrogens is 384 g/mol. The fourth-order valence-corrected chi connectivity index (χ4v) is 4.70. The minimum absolute atomic E-state index is 0.0557. The Labute approximate surface area is 162 Å². The van der Waals surface area contributed by atoms with E-state index in [-0.39, 0.29) is 10.9 Å². The van der Waals surface area contributed by atoms with Crippen molar-refractivity contribution in [2.45, 2.75) is 43.0 Å². The average molecular weight is 406 g/mol. The number of amides is 1. The number of carboxylic acid groups (broad SMARTS) is 1. The van der Waals surface area contributed by atoms with E-state index in [0.29, 0.717) is 5.58 Å². The van der Waals surface area contributed by atoms with E-state index in [1.807, 2.05) is 30.3 Å². The van der Waals surface area contributed by atoms with Gasteiger partial charge in [-0.2, -0.15) is 0 Å². The van der Waals surface area contributed by atoms with Gasteiger partial charge in [-0.25, -0.2) is 23.4 Å². The lowest BCUT2D eigenvalue weighted by molar-refractivity contribution is 0.122. The van der Waals surface area contributed by atoms with E-state index in [9.17, 15) is 8.42 Å². The van der Waals surface area contributed by atoms with Gasteiger partial charge in [0.1, 0.15) is 11.2 Å². The van der Waals surface area contributed by atoms with E-state index < -0.39 is 16.1 Å². The fraction of sp³-hybridized carbons (Fsp3) is 0.316. The normalized spacial score (nSPS) is 15.2. The summed E-state index contributed by atoms with van der Waals surface area (Å²) in [6.07, 6.45) is 3.79. The molecule has 0 aliphatic heterocycles. The van der Waals surface area contributed by atoms with Crippen LogP contribution in [0, 0.1) is 0 Å². The van der Waals surface area contributed by atoms with Crippen LogP contribution in [-0.4, -0.2) is 30.9 Å². The summed E-state index contributed by atoms with van der Waals surface area (Å²) in [5.41, 5.74) is 2.33. The number of para-hydroxylation sites is 1. The zero-order valence-corrected chi connectivity index (χ0v) is 15.9. The molecule has 9 heteroatoms. The lowest BCUT2D eigenvalue weighted by Crippen LogP contribution is -2.36. The zero-order chi connectivity index (χ0) is 20.1. The molecule has 0 saturated heterocycles. The van der Waals surface area contributed by atoms with Crippen LogP contribution in [-0.2, 0) is 10.0 Å². The first-order valence-electron chi connectivity index (χ1n) is 8.97. The van der Waals surface area contributed by atoms with Gasteiger partial charge in [0.2, 0.25) is 10.0 Å². The van der Waals surface area contributed by atoms with Crippen molar-refractivity contribution in [2.24, 2.45) is 0 Å². The minimum Gasteiger partial charge on any atom is -0.464 e. The van der Waals surface area contributed by atoms with E-state index in [1.165, 1.54) is 6.42 Å². The van der Waals surface area contributed by atoms with Crippen LogP contribution in [0.25, 0.3) is 21.9 Å². The smallest absolute Gasteiger partial charge is 0.428 e. The van der Waals surface area contributed by atoms with Gasteiger partial charge >= 0.3 is 6.09 Å². The lowest BCUT2D eigenvalue weighted by atomic mass is 9.96. The van der Waals surface area contributed by atoms with Gasteiger partial charge in [0, 0.05) is 22.9 Å². The molecule has 0 bridgehead atoms. The Hall–Kier alpha value is -2.62. The Kier molecular flexibility index (Phi) is 6.18. The Morgan fingerprint density at radius 3 is 2.32 bits per heavy atom. The molecule has 0 spiro atoms. The quantitative estimate of drug-likeness (QED) is 0.386. The molecule has 1 aromatic heterocycles. The van der Waals surface area contributed by atoms with Crippen molar-refractivity contribution in [3.05, 3.63) is 42.5 Å². The molecule has 28 heavy (non-hydrogen) atoms. The van der Waals surface area contributed by atoms with Crippen LogP contribution >= 0.6 is 0 Å². The molecule has 0 unspecified atom stereocenters. The van der Waals surface area contributed by atoms with Gasteiger partial charge in [0.25, 0.3) is 0 Å². The van der Waals surface area contributed by atoms with Crippen LogP contribution in [0.1, 0.15) is 32.1 Å². The first kappa shape index (κ1) is 20.1. The molecule has 1 saturated carbocycles. The summed E-state index contributed by atoms with van der Waals surface area (Å²) in [5.74, 6) is 0. The first-order chi connectivity index (χ1) is 13.4. The minimum atomic E-state index is -3.50. The number of furan rings is 1. The van der Waals surface area contributed by atoms with Gasteiger partial charge in [0.15, 0.2) is 0 Å². The Bertz CT molecular complexity index is 1070. The molecular formula is C19H22N2O6S. The largest absolute Gasteiger partial charge is 0.464 e. The molecule has 4 N–H and O–H groups in total. The molecule has 1 amide bonds. The Balaban J connectivity index is 0.000000403. The molecule has 1 aliphatic rings. The number of hydrogen-bond donors (Lipinski definition) is 4. The van der Waals surface area contributed by atoms with E-state index in [4.69, 9.17) is 19.5 Å². The third-order valence-corrected chi connectivity index (χ3v) is 6.20. The molecule has 150 valence electrons. The first-order valence-corrected chi connectivity index (χ1v) is 10.5. The van der Waals surface area contributed by atoms with Gasteiger partial charge in [-0.3, -0.25) is 5.21 Å². The monoisotopic (exact) mass is 406 g/mol. The average Bonchev–Trinajstić information content (AvgIpc) is 3.06. The van der Waals surface area contributed by atoms with Gasteiger partial charge in [-0.05, 0) is 31.0 Å². The van der Waals surface area contributed by atoms with Crippen molar-refractivity contribution < 1.29 is 27.9 Å². The van der Waals surface area contributed by atoms with Crippen LogP contribution < -0.4 is 10.2 Å². The number of hydroxylamine groups is 1. The second kappa shape index (κ2) is 8.59. The molecule has 0 atom stereocenters. The highest BCUT2D eigenvalue weighted by molar-refractivity contribution is 7.89. The number of hydrogen-bond acceptors (Lipinski definition) is 5. The van der Waals surface area contributed by atoms with Crippen molar-refractivity contribution in [1.29, 1.82) is 0 Å². The number of carbonyl (C=O) groups is 1. The highest BCUT2D eigenvalue weighted by atomic mass is 32.2. The van der Waals surface area contributed by atoms with Crippen molar-refractivity contribution in [2.75, 3.05) is 0 Å². The van der Waals surface area contributed by atoms with Crippen LogP contribution in [0.3, 0.4) is 0 Å². The fourth-order valence-electron chi connectivity index (χ4n) is 3.38. The van der Waals surface area contributed by atoms with Crippen LogP contribution in [0.2, 0.25) is 0 Å². The maximum absolute atomic E-state index is 12.6. The zero-order valence-electron chi connectivity index (χ0n) is 15.1. The van der Waals surface area contributed by atoms with E-state index in [2.05, 4.69) is 4.72 Å². The Morgan fingerprint density at radius 1 is 1.00 bits per heavy atom. The second-order valence-corrected chi connectivity index (χ2v) is 8.34. The topological polar surface area (TPSA) is 129 Å². The highest BCUT2D eigenvalue weighted by Crippen LogP contribution is 2.30. The molecule has 1 aliphatic carbocycles. The summed E-state index contributed by atoms with van der Waals surface area (Å²) in [5, 5.41) is 16.6. The second-order valence-electron chi connectivity index (χ2n) is 6.63. The van der Waals surface area contributed by atoms with Crippen LogP contribution in [0.15, 0.2) is 51.8 Å². The number of benzene rings is 2. The van der Waals surface area contributed by atoms with E-state index in [0.717, 1.165) is 47.5 Å². The predicted molar refractivity (Wildman–Crippen MR) is 104 cm³/mol. The van der Waals surface area contributed by atoms with Gasteiger partial charge in [0.05, 0.1) is 4.90 Å². The summed E-state index contributed by atoms with van der Waals surface area (Å²) in [7, 11) is -3.50. The van der Waals surface area contributed by atoms with Crippen LogP contribution in [0.5, 0.6) is 0 Å². The molecule has 0 radical (unpaired) electrons. The number of nitrogens with one attached hydrogen (secondary N) is 2. The lowest BCUT2D eigenvalue weighted by Gasteiger charge is -2.22. The SMILES string of the molecule is O=C(O)NO.O=S(=O)(NC1CCCCC1)c1ccc2c(c1)oc1ccccc12. The molecule has 1 heterocycles. The van der Waals surface area contributed by atoms with E-state index >= 15 is 0 Å². The highest BCUT2D eigenvalue weighted by Gasteiger charge is 2.22.